The van der Waals surface area contributed by atoms with Crippen molar-refractivity contribution < 1.29 is 27.8 Å². The molecule has 0 aromatic heterocycles. The third-order valence-electron chi connectivity index (χ3n) is 2.05. The van der Waals surface area contributed by atoms with Crippen LogP contribution in [-0.4, -0.2) is 23.5 Å². The van der Waals surface area contributed by atoms with Crippen LogP contribution in [0.25, 0.3) is 0 Å². The Balaban J connectivity index is 2.90. The van der Waals surface area contributed by atoms with Gasteiger partial charge in [0.05, 0.1) is 12.1 Å². The van der Waals surface area contributed by atoms with Gasteiger partial charge in [-0.15, -0.1) is 13.2 Å². The summed E-state index contributed by atoms with van der Waals surface area (Å²) < 4.78 is 41.0. The van der Waals surface area contributed by atoms with Gasteiger partial charge in [-0.2, -0.15) is 0 Å². The van der Waals surface area contributed by atoms with Crippen LogP contribution in [-0.2, 0) is 4.79 Å². The van der Waals surface area contributed by atoms with Crippen molar-refractivity contribution in [2.24, 2.45) is 0 Å². The summed E-state index contributed by atoms with van der Waals surface area (Å²) in [5.74, 6) is -1.46. The van der Waals surface area contributed by atoms with Gasteiger partial charge in [0, 0.05) is 10.5 Å². The van der Waals surface area contributed by atoms with Crippen molar-refractivity contribution in [3.63, 3.8) is 0 Å². The number of carboxylic acid groups (broad SMARTS) is 1. The molecule has 8 heteroatoms. The number of alkyl halides is 3. The third kappa shape index (κ3) is 5.82. The van der Waals surface area contributed by atoms with E-state index >= 15 is 0 Å². The molecule has 0 saturated carbocycles. The number of ether oxygens (including phenoxy) is 1. The van der Waals surface area contributed by atoms with Gasteiger partial charge in [0.1, 0.15) is 0 Å². The highest BCUT2D eigenvalue weighted by Gasteiger charge is 2.32. The first kappa shape index (κ1) is 15.6. The molecule has 0 aliphatic rings. The fraction of sp³-hybridized carbons (Fsp3) is 0.364. The molecule has 1 aromatic rings. The zero-order valence-electron chi connectivity index (χ0n) is 9.79. The zero-order valence-corrected chi connectivity index (χ0v) is 11.4. The summed E-state index contributed by atoms with van der Waals surface area (Å²) in [7, 11) is 0. The number of anilines is 1. The lowest BCUT2D eigenvalue weighted by molar-refractivity contribution is -0.274. The molecule has 1 atom stereocenters. The molecule has 0 saturated heterocycles. The lowest BCUT2D eigenvalue weighted by Gasteiger charge is -2.18. The number of hydrogen-bond donors (Lipinski definition) is 2. The third-order valence-corrected chi connectivity index (χ3v) is 2.55. The number of halogens is 4. The number of benzene rings is 1. The summed E-state index contributed by atoms with van der Waals surface area (Å²) in [5.41, 5.74) is 0.0780. The average molecular weight is 342 g/mol. The molecule has 0 amide bonds. The largest absolute Gasteiger partial charge is 0.573 e. The first-order chi connectivity index (χ1) is 8.67. The fourth-order valence-corrected chi connectivity index (χ4v) is 1.74. The maximum Gasteiger partial charge on any atom is 0.573 e. The number of aliphatic carboxylic acids is 1. The van der Waals surface area contributed by atoms with Crippen molar-refractivity contribution in [1.82, 2.24) is 0 Å². The molecule has 0 radical (unpaired) electrons. The smallest absolute Gasteiger partial charge is 0.481 e. The first-order valence-corrected chi connectivity index (χ1v) is 6.00. The molecule has 106 valence electrons. The second-order valence-corrected chi connectivity index (χ2v) is 4.75. The molecule has 0 fully saturated rings. The number of hydrogen-bond acceptors (Lipinski definition) is 3. The highest BCUT2D eigenvalue weighted by Crippen LogP contribution is 2.33. The van der Waals surface area contributed by atoms with Gasteiger partial charge < -0.3 is 15.2 Å². The molecular weight excluding hydrogens is 331 g/mol. The lowest BCUT2D eigenvalue weighted by Crippen LogP contribution is -2.22. The normalized spacial score (nSPS) is 12.9. The molecule has 1 unspecified atom stereocenters. The van der Waals surface area contributed by atoms with E-state index in [1.54, 1.807) is 6.92 Å². The highest BCUT2D eigenvalue weighted by atomic mass is 79.9. The SMILES string of the molecule is CC(CC(=O)O)Nc1ccc(Br)cc1OC(F)(F)F. The minimum absolute atomic E-state index is 0.0780. The van der Waals surface area contributed by atoms with Crippen molar-refractivity contribution in [2.75, 3.05) is 5.32 Å². The molecule has 4 nitrogen and oxygen atoms in total. The van der Waals surface area contributed by atoms with Crippen LogP contribution in [0.1, 0.15) is 13.3 Å². The highest BCUT2D eigenvalue weighted by molar-refractivity contribution is 9.10. The Morgan fingerprint density at radius 2 is 2.16 bits per heavy atom. The van der Waals surface area contributed by atoms with E-state index in [0.717, 1.165) is 6.07 Å². The number of rotatable bonds is 5. The molecule has 0 aliphatic heterocycles. The molecule has 2 N–H and O–H groups in total. The van der Waals surface area contributed by atoms with Crippen LogP contribution in [0, 0.1) is 0 Å². The topological polar surface area (TPSA) is 58.6 Å². The minimum atomic E-state index is -4.81. The van der Waals surface area contributed by atoms with E-state index in [9.17, 15) is 18.0 Å². The Morgan fingerprint density at radius 1 is 1.53 bits per heavy atom. The number of carboxylic acids is 1. The Bertz CT molecular complexity index is 465. The fourth-order valence-electron chi connectivity index (χ4n) is 1.40. The second-order valence-electron chi connectivity index (χ2n) is 3.83. The Labute approximate surface area is 115 Å². The summed E-state index contributed by atoms with van der Waals surface area (Å²) in [6, 6.07) is 3.53. The number of nitrogens with one attached hydrogen (secondary N) is 1. The van der Waals surface area contributed by atoms with Gasteiger partial charge in [0.2, 0.25) is 0 Å². The van der Waals surface area contributed by atoms with Gasteiger partial charge in [-0.3, -0.25) is 4.79 Å². The van der Waals surface area contributed by atoms with E-state index in [2.05, 4.69) is 26.0 Å². The van der Waals surface area contributed by atoms with E-state index in [4.69, 9.17) is 5.11 Å². The summed E-state index contributed by atoms with van der Waals surface area (Å²) in [4.78, 5) is 10.5. The molecule has 0 spiro atoms. The molecule has 1 rings (SSSR count). The van der Waals surface area contributed by atoms with Crippen LogP contribution in [0.3, 0.4) is 0 Å². The van der Waals surface area contributed by atoms with Crippen molar-refractivity contribution in [3.8, 4) is 5.75 Å². The van der Waals surface area contributed by atoms with Crippen LogP contribution in [0.4, 0.5) is 18.9 Å². The van der Waals surface area contributed by atoms with E-state index < -0.39 is 24.1 Å². The summed E-state index contributed by atoms with van der Waals surface area (Å²) in [6.45, 7) is 1.55. The summed E-state index contributed by atoms with van der Waals surface area (Å²) >= 11 is 3.04. The van der Waals surface area contributed by atoms with Crippen molar-refractivity contribution >= 4 is 27.6 Å². The Kier molecular flexibility index (Phi) is 5.04. The minimum Gasteiger partial charge on any atom is -0.481 e. The lowest BCUT2D eigenvalue weighted by atomic mass is 10.2. The maximum atomic E-state index is 12.2. The van der Waals surface area contributed by atoms with Gasteiger partial charge >= 0.3 is 12.3 Å². The van der Waals surface area contributed by atoms with Crippen LogP contribution >= 0.6 is 15.9 Å². The predicted octanol–water partition coefficient (Wildman–Crippen LogP) is 3.62. The molecule has 19 heavy (non-hydrogen) atoms. The van der Waals surface area contributed by atoms with E-state index in [1.165, 1.54) is 12.1 Å². The summed E-state index contributed by atoms with van der Waals surface area (Å²) in [5, 5.41) is 11.3. The van der Waals surface area contributed by atoms with Crippen molar-refractivity contribution in [1.29, 1.82) is 0 Å². The zero-order chi connectivity index (χ0) is 14.6. The molecule has 0 aliphatic carbocycles. The number of carbonyl (C=O) groups is 1. The van der Waals surface area contributed by atoms with Gasteiger partial charge in [-0.25, -0.2) is 0 Å². The van der Waals surface area contributed by atoms with Crippen molar-refractivity contribution in [2.45, 2.75) is 25.7 Å². The monoisotopic (exact) mass is 341 g/mol. The quantitative estimate of drug-likeness (QED) is 0.858. The first-order valence-electron chi connectivity index (χ1n) is 5.21. The molecule has 0 heterocycles. The summed E-state index contributed by atoms with van der Waals surface area (Å²) in [6.07, 6.45) is -5.03. The predicted molar refractivity (Wildman–Crippen MR) is 66.2 cm³/mol. The standard InChI is InChI=1S/C11H11BrF3NO3/c1-6(4-10(17)18)16-8-3-2-7(12)5-9(8)19-11(13,14)15/h2-3,5-6,16H,4H2,1H3,(H,17,18). The van der Waals surface area contributed by atoms with Gasteiger partial charge in [0.15, 0.2) is 5.75 Å². The van der Waals surface area contributed by atoms with Crippen LogP contribution in [0.2, 0.25) is 0 Å². The molecular formula is C11H11BrF3NO3. The van der Waals surface area contributed by atoms with Gasteiger partial charge in [0.25, 0.3) is 0 Å². The van der Waals surface area contributed by atoms with Crippen LogP contribution < -0.4 is 10.1 Å². The van der Waals surface area contributed by atoms with Gasteiger partial charge in [-0.1, -0.05) is 15.9 Å². The Morgan fingerprint density at radius 3 is 2.68 bits per heavy atom. The Hall–Kier alpha value is -1.44. The van der Waals surface area contributed by atoms with Crippen molar-refractivity contribution in [3.05, 3.63) is 22.7 Å². The average Bonchev–Trinajstić information content (AvgIpc) is 2.18. The second kappa shape index (κ2) is 6.14. The van der Waals surface area contributed by atoms with Gasteiger partial charge in [-0.05, 0) is 25.1 Å². The molecule has 1 aromatic carbocycles. The van der Waals surface area contributed by atoms with E-state index in [1.807, 2.05) is 0 Å². The van der Waals surface area contributed by atoms with Crippen LogP contribution in [0.5, 0.6) is 5.75 Å². The van der Waals surface area contributed by atoms with Crippen LogP contribution in [0.15, 0.2) is 22.7 Å². The maximum absolute atomic E-state index is 12.2. The van der Waals surface area contributed by atoms with E-state index in [-0.39, 0.29) is 12.1 Å². The van der Waals surface area contributed by atoms with E-state index in [0.29, 0.717) is 4.47 Å². The molecule has 0 bridgehead atoms.